The molecule has 2 atom stereocenters. The van der Waals surface area contributed by atoms with E-state index in [9.17, 15) is 4.79 Å². The topological polar surface area (TPSA) is 38.8 Å². The van der Waals surface area contributed by atoms with Crippen LogP contribution in [0.3, 0.4) is 0 Å². The highest BCUT2D eigenvalue weighted by Gasteiger charge is 2.28. The van der Waals surface area contributed by atoms with E-state index in [-0.39, 0.29) is 17.9 Å². The Morgan fingerprint density at radius 2 is 1.77 bits per heavy atom. The summed E-state index contributed by atoms with van der Waals surface area (Å²) in [6.45, 7) is 4.98. The van der Waals surface area contributed by atoms with Gasteiger partial charge in [0.2, 0.25) is 5.91 Å². The molecule has 0 radical (unpaired) electrons. The molecule has 0 fully saturated rings. The Morgan fingerprint density at radius 1 is 1.12 bits per heavy atom. The van der Waals surface area contributed by atoms with Gasteiger partial charge >= 0.3 is 0 Å². The lowest BCUT2D eigenvalue weighted by Gasteiger charge is -2.36. The molecule has 0 aromatic heterocycles. The Balaban J connectivity index is 1.69. The average Bonchev–Trinajstić information content (AvgIpc) is 2.67. The number of benzene rings is 2. The second-order valence-corrected chi connectivity index (χ2v) is 6.96. The lowest BCUT2D eigenvalue weighted by molar-refractivity contribution is -0.134. The van der Waals surface area contributed by atoms with Crippen LogP contribution in [0, 0.1) is 0 Å². The molecule has 2 unspecified atom stereocenters. The van der Waals surface area contributed by atoms with Crippen LogP contribution in [0.15, 0.2) is 42.5 Å². The van der Waals surface area contributed by atoms with E-state index in [2.05, 4.69) is 26.0 Å². The number of carbonyl (C=O) groups is 1. The highest BCUT2D eigenvalue weighted by molar-refractivity contribution is 5.78. The standard InChI is InChI=1S/C22H27NO3/c1-15(17-5-7-19(25-3)8-6-17)13-22(24)23-12-11-18-14-20(26-4)9-10-21(18)16(23)2/h5-10,14-16H,11-13H2,1-4H3. The molecule has 1 aliphatic rings. The molecule has 4 heteroatoms. The quantitative estimate of drug-likeness (QED) is 0.802. The first-order chi connectivity index (χ1) is 12.5. The van der Waals surface area contributed by atoms with Crippen molar-refractivity contribution < 1.29 is 14.3 Å². The van der Waals surface area contributed by atoms with Crippen LogP contribution in [-0.2, 0) is 11.2 Å². The number of hydrogen-bond donors (Lipinski definition) is 0. The van der Waals surface area contributed by atoms with Crippen LogP contribution in [0.1, 0.15) is 48.9 Å². The molecular weight excluding hydrogens is 326 g/mol. The van der Waals surface area contributed by atoms with Crippen LogP contribution in [0.25, 0.3) is 0 Å². The first-order valence-corrected chi connectivity index (χ1v) is 9.13. The molecule has 2 aromatic rings. The smallest absolute Gasteiger partial charge is 0.223 e. The van der Waals surface area contributed by atoms with Crippen LogP contribution < -0.4 is 9.47 Å². The van der Waals surface area contributed by atoms with Crippen molar-refractivity contribution in [2.24, 2.45) is 0 Å². The maximum absolute atomic E-state index is 12.9. The van der Waals surface area contributed by atoms with Gasteiger partial charge in [0.05, 0.1) is 20.3 Å². The predicted molar refractivity (Wildman–Crippen MR) is 103 cm³/mol. The van der Waals surface area contributed by atoms with E-state index >= 15 is 0 Å². The molecule has 138 valence electrons. The zero-order valence-electron chi connectivity index (χ0n) is 16.0. The summed E-state index contributed by atoms with van der Waals surface area (Å²) >= 11 is 0. The minimum Gasteiger partial charge on any atom is -0.497 e. The third-order valence-electron chi connectivity index (χ3n) is 5.38. The van der Waals surface area contributed by atoms with E-state index in [0.717, 1.165) is 30.0 Å². The molecule has 1 amide bonds. The first kappa shape index (κ1) is 18.3. The largest absolute Gasteiger partial charge is 0.497 e. The third-order valence-corrected chi connectivity index (χ3v) is 5.38. The van der Waals surface area contributed by atoms with Crippen molar-refractivity contribution in [3.63, 3.8) is 0 Å². The maximum atomic E-state index is 12.9. The van der Waals surface area contributed by atoms with Crippen molar-refractivity contribution in [2.75, 3.05) is 20.8 Å². The molecule has 3 rings (SSSR count). The van der Waals surface area contributed by atoms with Gasteiger partial charge in [-0.2, -0.15) is 0 Å². The van der Waals surface area contributed by atoms with E-state index < -0.39 is 0 Å². The van der Waals surface area contributed by atoms with Crippen LogP contribution in [0.2, 0.25) is 0 Å². The average molecular weight is 353 g/mol. The summed E-state index contributed by atoms with van der Waals surface area (Å²) in [5.74, 6) is 2.10. The summed E-state index contributed by atoms with van der Waals surface area (Å²) in [5, 5.41) is 0. The van der Waals surface area contributed by atoms with Gasteiger partial charge in [0.1, 0.15) is 11.5 Å². The maximum Gasteiger partial charge on any atom is 0.223 e. The van der Waals surface area contributed by atoms with Crippen molar-refractivity contribution in [1.82, 2.24) is 4.90 Å². The summed E-state index contributed by atoms with van der Waals surface area (Å²) in [6, 6.07) is 14.2. The van der Waals surface area contributed by atoms with Gasteiger partial charge in [-0.05, 0) is 60.2 Å². The molecule has 0 saturated heterocycles. The van der Waals surface area contributed by atoms with Crippen LogP contribution in [0.5, 0.6) is 11.5 Å². The summed E-state index contributed by atoms with van der Waals surface area (Å²) in [5.41, 5.74) is 3.67. The minimum absolute atomic E-state index is 0.0974. The van der Waals surface area contributed by atoms with Gasteiger partial charge < -0.3 is 14.4 Å². The van der Waals surface area contributed by atoms with Crippen molar-refractivity contribution in [3.05, 3.63) is 59.2 Å². The number of nitrogens with zero attached hydrogens (tertiary/aromatic N) is 1. The van der Waals surface area contributed by atoms with Crippen LogP contribution in [-0.4, -0.2) is 31.6 Å². The number of fused-ring (bicyclic) bond motifs is 1. The molecule has 0 aliphatic carbocycles. The van der Waals surface area contributed by atoms with E-state index in [1.54, 1.807) is 14.2 Å². The normalized spacial score (nSPS) is 17.4. The van der Waals surface area contributed by atoms with Gasteiger partial charge in [0, 0.05) is 13.0 Å². The Morgan fingerprint density at radius 3 is 2.42 bits per heavy atom. The lowest BCUT2D eigenvalue weighted by atomic mass is 9.91. The second-order valence-electron chi connectivity index (χ2n) is 6.96. The Hall–Kier alpha value is -2.49. The number of rotatable bonds is 5. The van der Waals surface area contributed by atoms with E-state index in [1.165, 1.54) is 11.1 Å². The van der Waals surface area contributed by atoms with Gasteiger partial charge in [0.25, 0.3) is 0 Å². The van der Waals surface area contributed by atoms with Gasteiger partial charge in [0.15, 0.2) is 0 Å². The van der Waals surface area contributed by atoms with Crippen molar-refractivity contribution >= 4 is 5.91 Å². The molecule has 1 heterocycles. The van der Waals surface area contributed by atoms with Crippen molar-refractivity contribution in [3.8, 4) is 11.5 Å². The Bertz CT molecular complexity index is 769. The fraction of sp³-hybridized carbons (Fsp3) is 0.409. The predicted octanol–water partition coefficient (Wildman–Crippen LogP) is 4.34. The van der Waals surface area contributed by atoms with Gasteiger partial charge in [-0.25, -0.2) is 0 Å². The molecule has 1 aliphatic heterocycles. The van der Waals surface area contributed by atoms with E-state index in [1.807, 2.05) is 35.2 Å². The highest BCUT2D eigenvalue weighted by atomic mass is 16.5. The number of ether oxygens (including phenoxy) is 2. The molecule has 0 spiro atoms. The van der Waals surface area contributed by atoms with Gasteiger partial charge in [-0.3, -0.25) is 4.79 Å². The Labute approximate surface area is 155 Å². The molecule has 0 saturated carbocycles. The van der Waals surface area contributed by atoms with Crippen LogP contribution in [0.4, 0.5) is 0 Å². The molecule has 4 nitrogen and oxygen atoms in total. The highest BCUT2D eigenvalue weighted by Crippen LogP contribution is 2.33. The summed E-state index contributed by atoms with van der Waals surface area (Å²) < 4.78 is 10.5. The fourth-order valence-corrected chi connectivity index (χ4v) is 3.71. The first-order valence-electron chi connectivity index (χ1n) is 9.13. The summed E-state index contributed by atoms with van der Waals surface area (Å²) in [6.07, 6.45) is 1.39. The van der Waals surface area contributed by atoms with Crippen molar-refractivity contribution in [2.45, 2.75) is 38.6 Å². The van der Waals surface area contributed by atoms with Gasteiger partial charge in [-0.1, -0.05) is 25.1 Å². The third kappa shape index (κ3) is 3.69. The summed E-state index contributed by atoms with van der Waals surface area (Å²) in [7, 11) is 3.34. The SMILES string of the molecule is COc1ccc(C(C)CC(=O)N2CCc3cc(OC)ccc3C2C)cc1. The summed E-state index contributed by atoms with van der Waals surface area (Å²) in [4.78, 5) is 14.9. The Kier molecular flexibility index (Phi) is 5.50. The monoisotopic (exact) mass is 353 g/mol. The molecular formula is C22H27NO3. The van der Waals surface area contributed by atoms with E-state index in [0.29, 0.717) is 6.42 Å². The fourth-order valence-electron chi connectivity index (χ4n) is 3.71. The molecule has 2 aromatic carbocycles. The molecule has 26 heavy (non-hydrogen) atoms. The number of carbonyl (C=O) groups excluding carboxylic acids is 1. The number of amides is 1. The van der Waals surface area contributed by atoms with Crippen LogP contribution >= 0.6 is 0 Å². The minimum atomic E-state index is 0.0974. The molecule has 0 N–H and O–H groups in total. The lowest BCUT2D eigenvalue weighted by Crippen LogP contribution is -2.39. The number of hydrogen-bond acceptors (Lipinski definition) is 3. The van der Waals surface area contributed by atoms with Gasteiger partial charge in [-0.15, -0.1) is 0 Å². The zero-order chi connectivity index (χ0) is 18.7. The second kappa shape index (κ2) is 7.81. The zero-order valence-corrected chi connectivity index (χ0v) is 16.0. The number of methoxy groups -OCH3 is 2. The molecule has 0 bridgehead atoms. The van der Waals surface area contributed by atoms with E-state index in [4.69, 9.17) is 9.47 Å². The van der Waals surface area contributed by atoms with Crippen molar-refractivity contribution in [1.29, 1.82) is 0 Å².